The summed E-state index contributed by atoms with van der Waals surface area (Å²) in [5.41, 5.74) is 0.728. The normalized spacial score (nSPS) is 23.8. The van der Waals surface area contributed by atoms with Gasteiger partial charge < -0.3 is 4.90 Å². The van der Waals surface area contributed by atoms with Crippen LogP contribution in [-0.2, 0) is 6.54 Å². The zero-order chi connectivity index (χ0) is 11.6. The molecule has 1 aromatic heterocycles. The SMILES string of the molecule is c1cnn(CCCN2CCC3(CCCC3)C2)c1. The summed E-state index contributed by atoms with van der Waals surface area (Å²) in [6.07, 6.45) is 12.5. The zero-order valence-corrected chi connectivity index (χ0v) is 10.6. The Kier molecular flexibility index (Phi) is 3.19. The lowest BCUT2D eigenvalue weighted by Gasteiger charge is -2.23. The predicted molar refractivity (Wildman–Crippen MR) is 68.8 cm³/mol. The van der Waals surface area contributed by atoms with Crippen LogP contribution >= 0.6 is 0 Å². The molecule has 1 spiro atoms. The first-order valence-corrected chi connectivity index (χ1v) is 7.06. The molecule has 94 valence electrons. The summed E-state index contributed by atoms with van der Waals surface area (Å²) < 4.78 is 2.04. The van der Waals surface area contributed by atoms with E-state index in [1.807, 2.05) is 16.9 Å². The molecule has 0 atom stereocenters. The largest absolute Gasteiger partial charge is 0.303 e. The van der Waals surface area contributed by atoms with Crippen LogP contribution in [0.1, 0.15) is 38.5 Å². The van der Waals surface area contributed by atoms with Crippen LogP contribution in [-0.4, -0.2) is 34.3 Å². The molecule has 2 fully saturated rings. The molecule has 0 radical (unpaired) electrons. The van der Waals surface area contributed by atoms with E-state index < -0.39 is 0 Å². The van der Waals surface area contributed by atoms with Crippen molar-refractivity contribution in [2.45, 2.75) is 45.1 Å². The van der Waals surface area contributed by atoms with Gasteiger partial charge in [0.15, 0.2) is 0 Å². The number of hydrogen-bond acceptors (Lipinski definition) is 2. The van der Waals surface area contributed by atoms with Gasteiger partial charge in [-0.05, 0) is 50.3 Å². The van der Waals surface area contributed by atoms with Gasteiger partial charge in [-0.15, -0.1) is 0 Å². The summed E-state index contributed by atoms with van der Waals surface area (Å²) in [6, 6.07) is 2.00. The molecule has 3 rings (SSSR count). The third-order valence-electron chi connectivity index (χ3n) is 4.60. The first kappa shape index (κ1) is 11.3. The van der Waals surface area contributed by atoms with Crippen LogP contribution in [0.4, 0.5) is 0 Å². The van der Waals surface area contributed by atoms with E-state index in [2.05, 4.69) is 16.2 Å². The van der Waals surface area contributed by atoms with Crippen molar-refractivity contribution in [1.29, 1.82) is 0 Å². The van der Waals surface area contributed by atoms with E-state index in [0.717, 1.165) is 12.0 Å². The molecule has 0 aromatic carbocycles. The quantitative estimate of drug-likeness (QED) is 0.797. The smallest absolute Gasteiger partial charge is 0.0489 e. The second-order valence-corrected chi connectivity index (χ2v) is 5.86. The maximum absolute atomic E-state index is 4.25. The summed E-state index contributed by atoms with van der Waals surface area (Å²) in [4.78, 5) is 2.68. The number of aryl methyl sites for hydroxylation is 1. The van der Waals surface area contributed by atoms with Crippen LogP contribution in [0.2, 0.25) is 0 Å². The third kappa shape index (κ3) is 2.54. The Balaban J connectivity index is 1.42. The Bertz CT molecular complexity index is 338. The highest BCUT2D eigenvalue weighted by molar-refractivity contribution is 4.93. The van der Waals surface area contributed by atoms with Crippen molar-refractivity contribution in [2.24, 2.45) is 5.41 Å². The highest BCUT2D eigenvalue weighted by Crippen LogP contribution is 2.45. The zero-order valence-electron chi connectivity index (χ0n) is 10.6. The van der Waals surface area contributed by atoms with Crippen LogP contribution in [0.3, 0.4) is 0 Å². The minimum absolute atomic E-state index is 0.728. The molecule has 1 aliphatic carbocycles. The standard InChI is InChI=1S/C14H23N3/c1-2-6-14(5-1)7-12-16(13-14)9-4-11-17-10-3-8-15-17/h3,8,10H,1-2,4-7,9,11-13H2. The molecule has 1 saturated heterocycles. The highest BCUT2D eigenvalue weighted by atomic mass is 15.3. The van der Waals surface area contributed by atoms with E-state index in [4.69, 9.17) is 0 Å². The third-order valence-corrected chi connectivity index (χ3v) is 4.60. The maximum atomic E-state index is 4.25. The Morgan fingerprint density at radius 2 is 2.00 bits per heavy atom. The molecule has 1 saturated carbocycles. The Morgan fingerprint density at radius 1 is 1.12 bits per heavy atom. The van der Waals surface area contributed by atoms with Gasteiger partial charge in [-0.3, -0.25) is 4.68 Å². The van der Waals surface area contributed by atoms with Gasteiger partial charge in [-0.25, -0.2) is 0 Å². The number of nitrogens with zero attached hydrogens (tertiary/aromatic N) is 3. The summed E-state index contributed by atoms with van der Waals surface area (Å²) >= 11 is 0. The second-order valence-electron chi connectivity index (χ2n) is 5.86. The van der Waals surface area contributed by atoms with Gasteiger partial charge in [0.1, 0.15) is 0 Å². The molecule has 0 bridgehead atoms. The summed E-state index contributed by atoms with van der Waals surface area (Å²) in [6.45, 7) is 5.02. The lowest BCUT2D eigenvalue weighted by molar-refractivity contribution is 0.255. The molecular weight excluding hydrogens is 210 g/mol. The monoisotopic (exact) mass is 233 g/mol. The van der Waals surface area contributed by atoms with Crippen LogP contribution < -0.4 is 0 Å². The van der Waals surface area contributed by atoms with Crippen molar-refractivity contribution in [3.63, 3.8) is 0 Å². The molecular formula is C14H23N3. The summed E-state index contributed by atoms with van der Waals surface area (Å²) in [5, 5.41) is 4.25. The van der Waals surface area contributed by atoms with E-state index in [1.165, 1.54) is 58.2 Å². The fourth-order valence-electron chi connectivity index (χ4n) is 3.64. The minimum Gasteiger partial charge on any atom is -0.303 e. The van der Waals surface area contributed by atoms with Crippen LogP contribution in [0.25, 0.3) is 0 Å². The van der Waals surface area contributed by atoms with Gasteiger partial charge in [0.05, 0.1) is 0 Å². The molecule has 0 N–H and O–H groups in total. The van der Waals surface area contributed by atoms with Crippen molar-refractivity contribution in [1.82, 2.24) is 14.7 Å². The van der Waals surface area contributed by atoms with Crippen molar-refractivity contribution < 1.29 is 0 Å². The van der Waals surface area contributed by atoms with E-state index in [-0.39, 0.29) is 0 Å². The molecule has 3 nitrogen and oxygen atoms in total. The average Bonchev–Trinajstić information content (AvgIpc) is 3.04. The first-order chi connectivity index (χ1) is 8.36. The molecule has 1 aromatic rings. The Morgan fingerprint density at radius 3 is 2.76 bits per heavy atom. The molecule has 2 aliphatic rings. The number of likely N-dealkylation sites (tertiary alicyclic amines) is 1. The van der Waals surface area contributed by atoms with Crippen LogP contribution in [0, 0.1) is 5.41 Å². The van der Waals surface area contributed by atoms with Gasteiger partial charge in [-0.1, -0.05) is 12.8 Å². The highest BCUT2D eigenvalue weighted by Gasteiger charge is 2.39. The number of aromatic nitrogens is 2. The second kappa shape index (κ2) is 4.81. The maximum Gasteiger partial charge on any atom is 0.0489 e. The number of rotatable bonds is 4. The minimum atomic E-state index is 0.728. The summed E-state index contributed by atoms with van der Waals surface area (Å²) in [7, 11) is 0. The van der Waals surface area contributed by atoms with Gasteiger partial charge in [0, 0.05) is 25.5 Å². The van der Waals surface area contributed by atoms with Gasteiger partial charge in [0.2, 0.25) is 0 Å². The van der Waals surface area contributed by atoms with Gasteiger partial charge >= 0.3 is 0 Å². The van der Waals surface area contributed by atoms with Gasteiger partial charge in [-0.2, -0.15) is 5.10 Å². The van der Waals surface area contributed by atoms with E-state index in [0.29, 0.717) is 0 Å². The van der Waals surface area contributed by atoms with E-state index in [9.17, 15) is 0 Å². The molecule has 1 aliphatic heterocycles. The van der Waals surface area contributed by atoms with Gasteiger partial charge in [0.25, 0.3) is 0 Å². The molecule has 17 heavy (non-hydrogen) atoms. The van der Waals surface area contributed by atoms with E-state index >= 15 is 0 Å². The Hall–Kier alpha value is -0.830. The van der Waals surface area contributed by atoms with Crippen molar-refractivity contribution in [3.05, 3.63) is 18.5 Å². The molecule has 2 heterocycles. The first-order valence-electron chi connectivity index (χ1n) is 7.06. The van der Waals surface area contributed by atoms with Crippen molar-refractivity contribution in [3.8, 4) is 0 Å². The number of hydrogen-bond donors (Lipinski definition) is 0. The lowest BCUT2D eigenvalue weighted by Crippen LogP contribution is -2.26. The topological polar surface area (TPSA) is 21.1 Å². The lowest BCUT2D eigenvalue weighted by atomic mass is 9.86. The van der Waals surface area contributed by atoms with Crippen molar-refractivity contribution >= 4 is 0 Å². The van der Waals surface area contributed by atoms with Crippen molar-refractivity contribution in [2.75, 3.05) is 19.6 Å². The molecule has 0 amide bonds. The molecule has 0 unspecified atom stereocenters. The van der Waals surface area contributed by atoms with E-state index in [1.54, 1.807) is 0 Å². The van der Waals surface area contributed by atoms with Crippen LogP contribution in [0.5, 0.6) is 0 Å². The summed E-state index contributed by atoms with van der Waals surface area (Å²) in [5.74, 6) is 0. The predicted octanol–water partition coefficient (Wildman–Crippen LogP) is 2.54. The Labute approximate surface area is 104 Å². The van der Waals surface area contributed by atoms with Crippen LogP contribution in [0.15, 0.2) is 18.5 Å². The average molecular weight is 233 g/mol. The molecule has 3 heteroatoms. The fourth-order valence-corrected chi connectivity index (χ4v) is 3.64. The fraction of sp³-hybridized carbons (Fsp3) is 0.786.